The topological polar surface area (TPSA) is 111 Å². The molecule has 0 atom stereocenters. The molecule has 2 heterocycles. The highest BCUT2D eigenvalue weighted by Gasteiger charge is 2.25. The largest absolute Gasteiger partial charge is 0.328 e. The van der Waals surface area contributed by atoms with Crippen LogP contribution in [0.1, 0.15) is 62.7 Å². The molecule has 4 aromatic rings. The van der Waals surface area contributed by atoms with Gasteiger partial charge in [0.25, 0.3) is 0 Å². The summed E-state index contributed by atoms with van der Waals surface area (Å²) < 4.78 is 2.13. The van der Waals surface area contributed by atoms with Crippen LogP contribution in [0.5, 0.6) is 0 Å². The third kappa shape index (κ3) is 4.92. The molecule has 0 bridgehead atoms. The number of tetrazole rings is 1. The number of hydrogen-bond acceptors (Lipinski definition) is 6. The molecule has 3 N–H and O–H groups in total. The Kier molecular flexibility index (Phi) is 6.49. The summed E-state index contributed by atoms with van der Waals surface area (Å²) in [6.45, 7) is 5.15. The zero-order valence-corrected chi connectivity index (χ0v) is 19.9. The Morgan fingerprint density at radius 1 is 1.00 bits per heavy atom. The Balaban J connectivity index is 1.40. The first kappa shape index (κ1) is 22.4. The minimum absolute atomic E-state index is 0.325. The number of benzene rings is 2. The Morgan fingerprint density at radius 2 is 1.74 bits per heavy atom. The molecule has 2 aromatic carbocycles. The van der Waals surface area contributed by atoms with Gasteiger partial charge in [-0.2, -0.15) is 5.10 Å². The molecule has 1 saturated carbocycles. The number of aromatic amines is 1. The summed E-state index contributed by atoms with van der Waals surface area (Å²) in [5, 5.41) is 19.3. The van der Waals surface area contributed by atoms with E-state index in [4.69, 9.17) is 15.8 Å². The molecule has 1 aliphatic carbocycles. The van der Waals surface area contributed by atoms with Crippen LogP contribution < -0.4 is 5.73 Å². The van der Waals surface area contributed by atoms with E-state index in [1.165, 1.54) is 5.56 Å². The van der Waals surface area contributed by atoms with Crippen LogP contribution in [0.4, 0.5) is 0 Å². The predicted molar refractivity (Wildman–Crippen MR) is 132 cm³/mol. The van der Waals surface area contributed by atoms with Crippen molar-refractivity contribution in [3.63, 3.8) is 0 Å². The fraction of sp³-hybridized carbons (Fsp3) is 0.423. The molecular weight excluding hydrogens is 424 g/mol. The second kappa shape index (κ2) is 9.85. The normalized spacial score (nSPS) is 18.5. The zero-order valence-electron chi connectivity index (χ0n) is 19.9. The summed E-state index contributed by atoms with van der Waals surface area (Å²) in [6, 6.07) is 17.1. The molecular formula is C26H32N8. The molecule has 0 aliphatic heterocycles. The number of nitrogens with two attached hydrogens (primary N) is 1. The second-order valence-corrected chi connectivity index (χ2v) is 9.75. The average molecular weight is 457 g/mol. The lowest BCUT2D eigenvalue weighted by molar-refractivity contribution is 0.374. The molecule has 5 rings (SSSR count). The molecule has 0 saturated heterocycles. The highest BCUT2D eigenvalue weighted by atomic mass is 15.5. The van der Waals surface area contributed by atoms with Crippen LogP contribution in [0, 0.1) is 5.92 Å². The van der Waals surface area contributed by atoms with Crippen molar-refractivity contribution in [2.24, 2.45) is 11.7 Å². The SMILES string of the molecule is CC(C)Cc1nc(C2CCC(N)CC2)n(Cc2ccc(-c3ccccc3-c3nnn[nH]3)cc2)n1. The van der Waals surface area contributed by atoms with Crippen LogP contribution in [0.15, 0.2) is 48.5 Å². The third-order valence-electron chi connectivity index (χ3n) is 6.60. The first-order chi connectivity index (χ1) is 16.6. The van der Waals surface area contributed by atoms with Gasteiger partial charge in [0.2, 0.25) is 0 Å². The molecule has 0 unspecified atom stereocenters. The maximum atomic E-state index is 6.16. The van der Waals surface area contributed by atoms with Crippen molar-refractivity contribution in [2.45, 2.75) is 64.5 Å². The average Bonchev–Trinajstić information content (AvgIpc) is 3.50. The van der Waals surface area contributed by atoms with E-state index in [1.807, 2.05) is 18.2 Å². The third-order valence-corrected chi connectivity index (χ3v) is 6.60. The van der Waals surface area contributed by atoms with E-state index >= 15 is 0 Å². The Morgan fingerprint density at radius 3 is 2.41 bits per heavy atom. The maximum absolute atomic E-state index is 6.16. The van der Waals surface area contributed by atoms with Crippen molar-refractivity contribution >= 4 is 0 Å². The fourth-order valence-electron chi connectivity index (χ4n) is 4.83. The zero-order chi connectivity index (χ0) is 23.5. The number of H-pyrrole nitrogens is 1. The van der Waals surface area contributed by atoms with Gasteiger partial charge in [0.1, 0.15) is 5.82 Å². The molecule has 8 nitrogen and oxygen atoms in total. The van der Waals surface area contributed by atoms with E-state index in [1.54, 1.807) is 0 Å². The summed E-state index contributed by atoms with van der Waals surface area (Å²) in [4.78, 5) is 4.99. The van der Waals surface area contributed by atoms with Gasteiger partial charge in [-0.3, -0.25) is 0 Å². The van der Waals surface area contributed by atoms with Gasteiger partial charge in [0.15, 0.2) is 11.6 Å². The Labute approximate surface area is 200 Å². The predicted octanol–water partition coefficient (Wildman–Crippen LogP) is 4.36. The van der Waals surface area contributed by atoms with Gasteiger partial charge in [-0.25, -0.2) is 14.8 Å². The minimum Gasteiger partial charge on any atom is -0.328 e. The smallest absolute Gasteiger partial charge is 0.180 e. The number of aromatic nitrogens is 7. The lowest BCUT2D eigenvalue weighted by atomic mass is 9.86. The highest BCUT2D eigenvalue weighted by Crippen LogP contribution is 2.33. The monoisotopic (exact) mass is 456 g/mol. The fourth-order valence-corrected chi connectivity index (χ4v) is 4.83. The van der Waals surface area contributed by atoms with Crippen molar-refractivity contribution in [1.29, 1.82) is 0 Å². The standard InChI is InChI=1S/C26H32N8/c1-17(2)15-24-28-26(20-11-13-21(27)14-12-20)34(31-24)16-18-7-9-19(10-8-18)22-5-3-4-6-23(22)25-29-32-33-30-25/h3-10,17,20-21H,11-16,27H2,1-2H3,(H,29,30,32,33). The van der Waals surface area contributed by atoms with E-state index < -0.39 is 0 Å². The Hall–Kier alpha value is -3.39. The molecule has 0 spiro atoms. The number of rotatable bonds is 7. The van der Waals surface area contributed by atoms with E-state index in [2.05, 4.69) is 69.5 Å². The van der Waals surface area contributed by atoms with E-state index in [9.17, 15) is 0 Å². The molecule has 0 amide bonds. The summed E-state index contributed by atoms with van der Waals surface area (Å²) in [7, 11) is 0. The van der Waals surface area contributed by atoms with Crippen molar-refractivity contribution < 1.29 is 0 Å². The van der Waals surface area contributed by atoms with Gasteiger partial charge in [0.05, 0.1) is 6.54 Å². The van der Waals surface area contributed by atoms with Crippen LogP contribution >= 0.6 is 0 Å². The summed E-state index contributed by atoms with van der Waals surface area (Å²) in [5.41, 5.74) is 10.6. The highest BCUT2D eigenvalue weighted by molar-refractivity contribution is 5.80. The molecule has 34 heavy (non-hydrogen) atoms. The summed E-state index contributed by atoms with van der Waals surface area (Å²) in [5.74, 6) is 3.70. The first-order valence-corrected chi connectivity index (χ1v) is 12.2. The van der Waals surface area contributed by atoms with Crippen LogP contribution in [0.2, 0.25) is 0 Å². The van der Waals surface area contributed by atoms with Gasteiger partial charge in [-0.1, -0.05) is 62.4 Å². The Bertz CT molecular complexity index is 1200. The van der Waals surface area contributed by atoms with Gasteiger partial charge < -0.3 is 5.73 Å². The molecule has 1 fully saturated rings. The number of hydrogen-bond donors (Lipinski definition) is 2. The molecule has 8 heteroatoms. The number of nitrogens with zero attached hydrogens (tertiary/aromatic N) is 6. The molecule has 2 aromatic heterocycles. The van der Waals surface area contributed by atoms with Gasteiger partial charge in [-0.05, 0) is 58.7 Å². The van der Waals surface area contributed by atoms with Crippen LogP contribution in [-0.4, -0.2) is 41.4 Å². The maximum Gasteiger partial charge on any atom is 0.180 e. The van der Waals surface area contributed by atoms with E-state index in [0.29, 0.717) is 23.7 Å². The van der Waals surface area contributed by atoms with Gasteiger partial charge in [0, 0.05) is 23.9 Å². The molecule has 0 radical (unpaired) electrons. The second-order valence-electron chi connectivity index (χ2n) is 9.75. The van der Waals surface area contributed by atoms with Crippen molar-refractivity contribution in [2.75, 3.05) is 0 Å². The first-order valence-electron chi connectivity index (χ1n) is 12.2. The summed E-state index contributed by atoms with van der Waals surface area (Å²) in [6.07, 6.45) is 5.20. The van der Waals surface area contributed by atoms with Crippen LogP contribution in [0.3, 0.4) is 0 Å². The van der Waals surface area contributed by atoms with Crippen LogP contribution in [-0.2, 0) is 13.0 Å². The van der Waals surface area contributed by atoms with Gasteiger partial charge >= 0.3 is 0 Å². The van der Waals surface area contributed by atoms with Crippen molar-refractivity contribution in [1.82, 2.24) is 35.4 Å². The van der Waals surface area contributed by atoms with E-state index in [0.717, 1.165) is 67.0 Å². The molecule has 176 valence electrons. The minimum atomic E-state index is 0.325. The molecule has 1 aliphatic rings. The lowest BCUT2D eigenvalue weighted by Crippen LogP contribution is -2.27. The quantitative estimate of drug-likeness (QED) is 0.427. The van der Waals surface area contributed by atoms with Crippen molar-refractivity contribution in [3.05, 3.63) is 65.7 Å². The van der Waals surface area contributed by atoms with E-state index in [-0.39, 0.29) is 0 Å². The van der Waals surface area contributed by atoms with Crippen LogP contribution in [0.25, 0.3) is 22.5 Å². The van der Waals surface area contributed by atoms with Gasteiger partial charge in [-0.15, -0.1) is 5.10 Å². The lowest BCUT2D eigenvalue weighted by Gasteiger charge is -2.25. The summed E-state index contributed by atoms with van der Waals surface area (Å²) >= 11 is 0. The van der Waals surface area contributed by atoms with Crippen molar-refractivity contribution in [3.8, 4) is 22.5 Å². The number of nitrogens with one attached hydrogen (secondary N) is 1.